The van der Waals surface area contributed by atoms with E-state index in [1.807, 2.05) is 0 Å². The normalized spacial score (nSPS) is 12.6. The van der Waals surface area contributed by atoms with E-state index in [4.69, 9.17) is 28.4 Å². The van der Waals surface area contributed by atoms with Crippen molar-refractivity contribution in [2.75, 3.05) is 79.3 Å². The molecule has 1 unspecified atom stereocenters. The molecule has 0 aliphatic carbocycles. The molecule has 0 bridgehead atoms. The summed E-state index contributed by atoms with van der Waals surface area (Å²) in [5.74, 6) is 0.618. The molecule has 0 spiro atoms. The molecule has 0 radical (unpaired) electrons. The zero-order valence-corrected chi connectivity index (χ0v) is 18.0. The first-order chi connectivity index (χ1) is 13.3. The van der Waals surface area contributed by atoms with Crippen LogP contribution in [0, 0.1) is 5.92 Å². The Morgan fingerprint density at radius 3 is 1.30 bits per heavy atom. The summed E-state index contributed by atoms with van der Waals surface area (Å²) >= 11 is 0. The lowest BCUT2D eigenvalue weighted by Gasteiger charge is -2.10. The fraction of sp³-hybridized carbons (Fsp3) is 1.00. The molecule has 0 rings (SSSR count). The van der Waals surface area contributed by atoms with Crippen molar-refractivity contribution in [2.45, 2.75) is 52.9 Å². The van der Waals surface area contributed by atoms with Crippen molar-refractivity contribution in [3.8, 4) is 0 Å². The smallest absolute Gasteiger partial charge is 0.0701 e. The van der Waals surface area contributed by atoms with E-state index in [0.717, 1.165) is 26.1 Å². The Hall–Kier alpha value is -0.240. The van der Waals surface area contributed by atoms with Gasteiger partial charge < -0.3 is 28.4 Å². The first-order valence-electron chi connectivity index (χ1n) is 10.8. The van der Waals surface area contributed by atoms with Gasteiger partial charge in [0, 0.05) is 13.2 Å². The van der Waals surface area contributed by atoms with Crippen LogP contribution in [-0.2, 0) is 28.4 Å². The standard InChI is InChI=1S/C21H44O6/c1-4-6-7-8-9-22-10-11-23-12-13-24-14-15-25-16-17-26-18-19-27-20-21(3)5-2/h21H,4-20H2,1-3H3. The van der Waals surface area contributed by atoms with Crippen LogP contribution in [-0.4, -0.2) is 79.3 Å². The van der Waals surface area contributed by atoms with Gasteiger partial charge in [0.25, 0.3) is 0 Å². The van der Waals surface area contributed by atoms with Gasteiger partial charge in [0.15, 0.2) is 0 Å². The zero-order chi connectivity index (χ0) is 19.8. The van der Waals surface area contributed by atoms with Gasteiger partial charge in [0.05, 0.1) is 66.1 Å². The van der Waals surface area contributed by atoms with Crippen molar-refractivity contribution in [2.24, 2.45) is 5.92 Å². The molecule has 0 heterocycles. The molecule has 6 nitrogen and oxygen atoms in total. The molecule has 6 heteroatoms. The van der Waals surface area contributed by atoms with E-state index < -0.39 is 0 Å². The molecule has 0 aromatic heterocycles. The van der Waals surface area contributed by atoms with Gasteiger partial charge in [-0.2, -0.15) is 0 Å². The van der Waals surface area contributed by atoms with Crippen molar-refractivity contribution in [1.29, 1.82) is 0 Å². The molecule has 0 aliphatic heterocycles. The van der Waals surface area contributed by atoms with Gasteiger partial charge in [-0.25, -0.2) is 0 Å². The minimum atomic E-state index is 0.578. The zero-order valence-electron chi connectivity index (χ0n) is 18.0. The molecule has 0 N–H and O–H groups in total. The van der Waals surface area contributed by atoms with Crippen LogP contribution in [0.15, 0.2) is 0 Å². The number of ether oxygens (including phenoxy) is 6. The predicted octanol–water partition coefficient (Wildman–Crippen LogP) is 3.71. The van der Waals surface area contributed by atoms with E-state index in [1.54, 1.807) is 0 Å². The SMILES string of the molecule is CCCCCCOCCOCCOCCOCCOCCOCC(C)CC. The molecule has 0 amide bonds. The molecule has 0 saturated carbocycles. The Balaban J connectivity index is 2.99. The Labute approximate surface area is 167 Å². The summed E-state index contributed by atoms with van der Waals surface area (Å²) < 4.78 is 32.8. The summed E-state index contributed by atoms with van der Waals surface area (Å²) in [6, 6.07) is 0. The fourth-order valence-electron chi connectivity index (χ4n) is 2.13. The van der Waals surface area contributed by atoms with E-state index in [1.165, 1.54) is 19.3 Å². The number of hydrogen-bond donors (Lipinski definition) is 0. The lowest BCUT2D eigenvalue weighted by Crippen LogP contribution is -2.14. The van der Waals surface area contributed by atoms with Crippen LogP contribution in [0.5, 0.6) is 0 Å². The summed E-state index contributed by atoms with van der Waals surface area (Å²) in [5.41, 5.74) is 0. The summed E-state index contributed by atoms with van der Waals surface area (Å²) in [5, 5.41) is 0. The van der Waals surface area contributed by atoms with E-state index >= 15 is 0 Å². The molecule has 27 heavy (non-hydrogen) atoms. The summed E-state index contributed by atoms with van der Waals surface area (Å²) in [4.78, 5) is 0. The van der Waals surface area contributed by atoms with E-state index in [-0.39, 0.29) is 0 Å². The molecule has 0 aliphatic rings. The highest BCUT2D eigenvalue weighted by Crippen LogP contribution is 2.00. The van der Waals surface area contributed by atoms with Gasteiger partial charge in [0.2, 0.25) is 0 Å². The highest BCUT2D eigenvalue weighted by atomic mass is 16.6. The first kappa shape index (κ1) is 26.8. The minimum absolute atomic E-state index is 0.578. The largest absolute Gasteiger partial charge is 0.379 e. The van der Waals surface area contributed by atoms with Gasteiger partial charge in [-0.1, -0.05) is 46.5 Å². The van der Waals surface area contributed by atoms with Crippen molar-refractivity contribution < 1.29 is 28.4 Å². The van der Waals surface area contributed by atoms with Crippen molar-refractivity contribution in [3.05, 3.63) is 0 Å². The molecule has 164 valence electrons. The summed E-state index contributed by atoms with van der Waals surface area (Å²) in [7, 11) is 0. The van der Waals surface area contributed by atoms with E-state index in [9.17, 15) is 0 Å². The Morgan fingerprint density at radius 1 is 0.481 bits per heavy atom. The average molecular weight is 393 g/mol. The van der Waals surface area contributed by atoms with Crippen LogP contribution in [0.3, 0.4) is 0 Å². The monoisotopic (exact) mass is 392 g/mol. The molecular weight excluding hydrogens is 348 g/mol. The van der Waals surface area contributed by atoms with Crippen LogP contribution in [0.4, 0.5) is 0 Å². The number of unbranched alkanes of at least 4 members (excludes halogenated alkanes) is 3. The van der Waals surface area contributed by atoms with Gasteiger partial charge in [-0.05, 0) is 12.3 Å². The van der Waals surface area contributed by atoms with E-state index in [2.05, 4.69) is 20.8 Å². The Bertz CT molecular complexity index is 265. The van der Waals surface area contributed by atoms with Crippen LogP contribution in [0.2, 0.25) is 0 Å². The fourth-order valence-corrected chi connectivity index (χ4v) is 2.13. The molecule has 0 aromatic carbocycles. The second-order valence-electron chi connectivity index (χ2n) is 6.71. The number of rotatable bonds is 23. The molecule has 0 fully saturated rings. The van der Waals surface area contributed by atoms with Gasteiger partial charge >= 0.3 is 0 Å². The topological polar surface area (TPSA) is 55.4 Å². The third-order valence-electron chi connectivity index (χ3n) is 4.10. The molecule has 0 aromatic rings. The second kappa shape index (κ2) is 23.8. The lowest BCUT2D eigenvalue weighted by molar-refractivity contribution is -0.0182. The molecule has 0 saturated heterocycles. The maximum atomic E-state index is 5.51. The molecular formula is C21H44O6. The van der Waals surface area contributed by atoms with Gasteiger partial charge in [-0.15, -0.1) is 0 Å². The second-order valence-corrected chi connectivity index (χ2v) is 6.71. The maximum absolute atomic E-state index is 5.51. The quantitative estimate of drug-likeness (QED) is 0.247. The first-order valence-corrected chi connectivity index (χ1v) is 10.8. The van der Waals surface area contributed by atoms with Crippen LogP contribution in [0.25, 0.3) is 0 Å². The lowest BCUT2D eigenvalue weighted by atomic mass is 10.1. The van der Waals surface area contributed by atoms with Crippen LogP contribution in [0.1, 0.15) is 52.9 Å². The highest BCUT2D eigenvalue weighted by molar-refractivity contribution is 4.46. The third-order valence-corrected chi connectivity index (χ3v) is 4.10. The Kier molecular flexibility index (Phi) is 23.6. The minimum Gasteiger partial charge on any atom is -0.379 e. The summed E-state index contributed by atoms with van der Waals surface area (Å²) in [6.07, 6.45) is 6.11. The van der Waals surface area contributed by atoms with Crippen molar-refractivity contribution >= 4 is 0 Å². The van der Waals surface area contributed by atoms with Gasteiger partial charge in [0.1, 0.15) is 0 Å². The summed E-state index contributed by atoms with van der Waals surface area (Å²) in [6.45, 7) is 14.3. The third kappa shape index (κ3) is 23.7. The van der Waals surface area contributed by atoms with Crippen molar-refractivity contribution in [3.63, 3.8) is 0 Å². The van der Waals surface area contributed by atoms with Gasteiger partial charge in [-0.3, -0.25) is 0 Å². The van der Waals surface area contributed by atoms with E-state index in [0.29, 0.717) is 72.0 Å². The maximum Gasteiger partial charge on any atom is 0.0701 e. The highest BCUT2D eigenvalue weighted by Gasteiger charge is 1.98. The number of hydrogen-bond acceptors (Lipinski definition) is 6. The van der Waals surface area contributed by atoms with Crippen LogP contribution < -0.4 is 0 Å². The van der Waals surface area contributed by atoms with Crippen LogP contribution >= 0.6 is 0 Å². The predicted molar refractivity (Wildman–Crippen MR) is 109 cm³/mol. The average Bonchev–Trinajstić information content (AvgIpc) is 2.68. The Morgan fingerprint density at radius 2 is 0.889 bits per heavy atom. The van der Waals surface area contributed by atoms with Crippen molar-refractivity contribution in [1.82, 2.24) is 0 Å². The molecule has 1 atom stereocenters.